The Bertz CT molecular complexity index is 1680. The fraction of sp³-hybridized carbons (Fsp3) is 0.500. The molecular weight excluding hydrogens is 657 g/mol. The van der Waals surface area contributed by atoms with Crippen LogP contribution in [0.25, 0.3) is 0 Å². The SMILES string of the molecule is Cc1noc(C)c1S(=O)(=O)Nc1ccc2c(c1)C(=O)N([C@H](C)CO)C[C@@H](C)[C@H](CN(C)C(=O)Nc1ccc(F)cc1)OCCCC[C@H](C)O2. The number of benzene rings is 2. The molecule has 0 spiro atoms. The van der Waals surface area contributed by atoms with Crippen molar-refractivity contribution in [3.63, 3.8) is 0 Å². The van der Waals surface area contributed by atoms with Crippen LogP contribution in [0, 0.1) is 25.6 Å². The van der Waals surface area contributed by atoms with Gasteiger partial charge in [0.2, 0.25) is 0 Å². The molecule has 268 valence electrons. The third-order valence-corrected chi connectivity index (χ3v) is 10.1. The Balaban J connectivity index is 1.63. The number of urea groups is 1. The van der Waals surface area contributed by atoms with Gasteiger partial charge in [0.25, 0.3) is 15.9 Å². The maximum atomic E-state index is 14.4. The molecule has 0 bridgehead atoms. The minimum absolute atomic E-state index is 0.0875. The van der Waals surface area contributed by atoms with Gasteiger partial charge in [0.15, 0.2) is 10.7 Å². The molecule has 3 aromatic rings. The Labute approximate surface area is 286 Å². The Morgan fingerprint density at radius 2 is 1.84 bits per heavy atom. The van der Waals surface area contributed by atoms with Gasteiger partial charge in [0.1, 0.15) is 17.3 Å². The van der Waals surface area contributed by atoms with Crippen molar-refractivity contribution in [2.75, 3.05) is 43.4 Å². The Morgan fingerprint density at radius 1 is 1.14 bits per heavy atom. The van der Waals surface area contributed by atoms with Crippen molar-refractivity contribution in [1.29, 1.82) is 0 Å². The van der Waals surface area contributed by atoms with Crippen LogP contribution >= 0.6 is 0 Å². The standard InChI is InChI=1S/C34H46FN5O8S/c1-21-18-40(22(2)20-41)33(42)29-17-28(38-49(44,45)32-24(4)37-48-25(32)5)14-15-30(29)47-23(3)9-7-8-16-46-31(21)19-39(6)34(43)36-27-12-10-26(35)11-13-27/h10-15,17,21-23,31,38,41H,7-9,16,18-20H2,1-6H3,(H,36,43)/t21-,22-,23+,31+/m1/s1. The lowest BCUT2D eigenvalue weighted by molar-refractivity contribution is -0.0115. The van der Waals surface area contributed by atoms with E-state index in [1.165, 1.54) is 60.0 Å². The molecule has 3 N–H and O–H groups in total. The van der Waals surface area contributed by atoms with Crippen LogP contribution in [0.4, 0.5) is 20.6 Å². The number of aliphatic hydroxyl groups is 1. The van der Waals surface area contributed by atoms with Crippen molar-refractivity contribution >= 4 is 33.3 Å². The van der Waals surface area contributed by atoms with Gasteiger partial charge in [-0.05, 0) is 89.4 Å². The number of hydrogen-bond donors (Lipinski definition) is 3. The number of hydrogen-bond acceptors (Lipinski definition) is 9. The molecule has 13 nitrogen and oxygen atoms in total. The van der Waals surface area contributed by atoms with Gasteiger partial charge in [-0.15, -0.1) is 0 Å². The largest absolute Gasteiger partial charge is 0.490 e. The maximum Gasteiger partial charge on any atom is 0.321 e. The Hall–Kier alpha value is -4.21. The highest BCUT2D eigenvalue weighted by Gasteiger charge is 2.32. The number of anilines is 2. The van der Waals surface area contributed by atoms with Crippen molar-refractivity contribution in [3.8, 4) is 5.75 Å². The van der Waals surface area contributed by atoms with Crippen molar-refractivity contribution < 1.29 is 41.5 Å². The fourth-order valence-corrected chi connectivity index (χ4v) is 7.00. The lowest BCUT2D eigenvalue weighted by Gasteiger charge is -2.35. The highest BCUT2D eigenvalue weighted by Crippen LogP contribution is 2.30. The summed E-state index contributed by atoms with van der Waals surface area (Å²) < 4.78 is 60.1. The highest BCUT2D eigenvalue weighted by molar-refractivity contribution is 7.92. The summed E-state index contributed by atoms with van der Waals surface area (Å²) in [7, 11) is -2.48. The average molecular weight is 704 g/mol. The number of aryl methyl sites for hydroxylation is 2. The van der Waals surface area contributed by atoms with Crippen LogP contribution in [0.15, 0.2) is 51.9 Å². The van der Waals surface area contributed by atoms with Gasteiger partial charge in [-0.2, -0.15) is 0 Å². The topological polar surface area (TPSA) is 164 Å². The summed E-state index contributed by atoms with van der Waals surface area (Å²) in [5.74, 6) is -0.798. The first-order valence-electron chi connectivity index (χ1n) is 16.3. The third-order valence-electron chi connectivity index (χ3n) is 8.44. The predicted octanol–water partition coefficient (Wildman–Crippen LogP) is 5.19. The molecule has 4 rings (SSSR count). The quantitative estimate of drug-likeness (QED) is 0.287. The van der Waals surface area contributed by atoms with E-state index < -0.39 is 39.9 Å². The summed E-state index contributed by atoms with van der Waals surface area (Å²) >= 11 is 0. The Kier molecular flexibility index (Phi) is 12.6. The maximum absolute atomic E-state index is 14.4. The number of sulfonamides is 1. The first kappa shape index (κ1) is 37.6. The number of fused-ring (bicyclic) bond motifs is 1. The summed E-state index contributed by atoms with van der Waals surface area (Å²) in [5.41, 5.74) is 0.881. The molecule has 0 unspecified atom stereocenters. The number of ether oxygens (including phenoxy) is 2. The molecule has 0 saturated heterocycles. The average Bonchev–Trinajstić information content (AvgIpc) is 3.41. The Morgan fingerprint density at radius 3 is 2.49 bits per heavy atom. The predicted molar refractivity (Wildman–Crippen MR) is 182 cm³/mol. The zero-order valence-electron chi connectivity index (χ0n) is 28.7. The fourth-order valence-electron chi connectivity index (χ4n) is 5.62. The minimum atomic E-state index is -4.11. The van der Waals surface area contributed by atoms with Gasteiger partial charge in [-0.3, -0.25) is 9.52 Å². The number of carbonyl (C=O) groups excluding carboxylic acids is 2. The number of aromatic nitrogens is 1. The first-order chi connectivity index (χ1) is 23.2. The summed E-state index contributed by atoms with van der Waals surface area (Å²) in [5, 5.41) is 16.7. The summed E-state index contributed by atoms with van der Waals surface area (Å²) in [6, 6.07) is 8.92. The van der Waals surface area contributed by atoms with Crippen LogP contribution < -0.4 is 14.8 Å². The highest BCUT2D eigenvalue weighted by atomic mass is 32.2. The third kappa shape index (κ3) is 9.70. The van der Waals surface area contributed by atoms with E-state index in [0.717, 1.165) is 12.8 Å². The summed E-state index contributed by atoms with van der Waals surface area (Å²) in [6.07, 6.45) is 1.39. The number of nitrogens with one attached hydrogen (secondary N) is 2. The molecule has 2 heterocycles. The molecule has 0 fully saturated rings. The van der Waals surface area contributed by atoms with Gasteiger partial charge < -0.3 is 34.2 Å². The smallest absolute Gasteiger partial charge is 0.321 e. The van der Waals surface area contributed by atoms with Crippen molar-refractivity contribution in [1.82, 2.24) is 15.0 Å². The van der Waals surface area contributed by atoms with Gasteiger partial charge in [-0.1, -0.05) is 12.1 Å². The van der Waals surface area contributed by atoms with Crippen LogP contribution in [0.1, 0.15) is 61.8 Å². The number of amides is 3. The van der Waals surface area contributed by atoms with Gasteiger partial charge in [0.05, 0.1) is 30.4 Å². The van der Waals surface area contributed by atoms with Gasteiger partial charge >= 0.3 is 6.03 Å². The molecule has 49 heavy (non-hydrogen) atoms. The summed E-state index contributed by atoms with van der Waals surface area (Å²) in [4.78, 5) is 30.3. The number of rotatable bonds is 8. The molecule has 0 aliphatic carbocycles. The van der Waals surface area contributed by atoms with E-state index in [4.69, 9.17) is 14.0 Å². The lowest BCUT2D eigenvalue weighted by atomic mass is 10.0. The molecule has 2 aromatic carbocycles. The number of likely N-dealkylation sites (N-methyl/N-ethyl adjacent to an activating group) is 1. The van der Waals surface area contributed by atoms with E-state index in [1.807, 2.05) is 13.8 Å². The van der Waals surface area contributed by atoms with E-state index in [0.29, 0.717) is 18.7 Å². The van der Waals surface area contributed by atoms with Crippen molar-refractivity contribution in [3.05, 3.63) is 65.3 Å². The second-order valence-corrected chi connectivity index (χ2v) is 14.2. The van der Waals surface area contributed by atoms with E-state index in [1.54, 1.807) is 20.0 Å². The van der Waals surface area contributed by atoms with Crippen LogP contribution in [0.2, 0.25) is 0 Å². The van der Waals surface area contributed by atoms with E-state index in [9.17, 15) is 27.5 Å². The molecular formula is C34H46FN5O8S. The zero-order valence-corrected chi connectivity index (χ0v) is 29.5. The van der Waals surface area contributed by atoms with Crippen LogP contribution in [-0.2, 0) is 14.8 Å². The number of carbonyl (C=O) groups is 2. The second-order valence-electron chi connectivity index (χ2n) is 12.6. The molecule has 0 radical (unpaired) electrons. The van der Waals surface area contributed by atoms with Crippen LogP contribution in [-0.4, -0.2) is 92.0 Å². The normalized spacial score (nSPS) is 20.0. The minimum Gasteiger partial charge on any atom is -0.490 e. The van der Waals surface area contributed by atoms with Gasteiger partial charge in [0, 0.05) is 44.0 Å². The van der Waals surface area contributed by atoms with E-state index in [-0.39, 0.29) is 65.1 Å². The molecule has 15 heteroatoms. The molecule has 1 aliphatic rings. The van der Waals surface area contributed by atoms with E-state index >= 15 is 0 Å². The molecule has 1 aromatic heterocycles. The monoisotopic (exact) mass is 703 g/mol. The molecule has 0 saturated carbocycles. The summed E-state index contributed by atoms with van der Waals surface area (Å²) in [6.45, 7) is 8.94. The number of halogens is 1. The van der Waals surface area contributed by atoms with Crippen LogP contribution in [0.5, 0.6) is 5.75 Å². The molecule has 1 aliphatic heterocycles. The molecule has 3 amide bonds. The van der Waals surface area contributed by atoms with E-state index in [2.05, 4.69) is 15.2 Å². The lowest BCUT2D eigenvalue weighted by Crippen LogP contribution is -2.48. The zero-order chi connectivity index (χ0) is 35.9. The van der Waals surface area contributed by atoms with Crippen molar-refractivity contribution in [2.45, 2.75) is 77.0 Å². The number of aliphatic hydroxyl groups excluding tert-OH is 1. The molecule has 4 atom stereocenters. The van der Waals surface area contributed by atoms with Gasteiger partial charge in [-0.25, -0.2) is 17.6 Å². The second kappa shape index (κ2) is 16.5. The first-order valence-corrected chi connectivity index (χ1v) is 17.8. The number of nitrogens with zero attached hydrogens (tertiary/aromatic N) is 3. The van der Waals surface area contributed by atoms with Crippen molar-refractivity contribution in [2.24, 2.45) is 5.92 Å². The van der Waals surface area contributed by atoms with Crippen LogP contribution in [0.3, 0.4) is 0 Å².